The van der Waals surface area contributed by atoms with Crippen LogP contribution in [0.5, 0.6) is 5.75 Å². The van der Waals surface area contributed by atoms with E-state index in [0.29, 0.717) is 6.54 Å². The largest absolute Gasteiger partial charge is 0.435 e. The second-order valence-corrected chi connectivity index (χ2v) is 5.48. The minimum atomic E-state index is -2.81. The number of aryl methyl sites for hydroxylation is 1. The van der Waals surface area contributed by atoms with Gasteiger partial charge in [0, 0.05) is 46.1 Å². The number of aromatic nitrogens is 2. The Hall–Kier alpha value is -2.64. The van der Waals surface area contributed by atoms with Crippen LogP contribution in [0.1, 0.15) is 12.0 Å². The van der Waals surface area contributed by atoms with E-state index in [1.165, 1.54) is 12.1 Å². The number of aliphatic imine (C=N–C) groups is 1. The number of nitrogens with one attached hydrogen (secondary N) is 1. The molecule has 0 saturated heterocycles. The smallest absolute Gasteiger partial charge is 0.387 e. The van der Waals surface area contributed by atoms with Crippen molar-refractivity contribution < 1.29 is 13.5 Å². The fourth-order valence-corrected chi connectivity index (χ4v) is 2.38. The van der Waals surface area contributed by atoms with Crippen LogP contribution in [0.2, 0.25) is 0 Å². The monoisotopic (exact) mass is 351 g/mol. The highest BCUT2D eigenvalue weighted by atomic mass is 19.3. The standard InChI is InChI=1S/C17H23F2N5O/c1-20-17(21-9-3-11-24-12-4-10-22-24)23(2)13-14-5-7-15(8-6-14)25-16(18)19/h4-8,10,12,16H,3,9,11,13H2,1-2H3,(H,20,21). The number of benzene rings is 1. The lowest BCUT2D eigenvalue weighted by Gasteiger charge is -2.22. The average Bonchev–Trinajstić information content (AvgIpc) is 3.09. The molecule has 1 N–H and O–H groups in total. The Bertz CT molecular complexity index is 644. The fourth-order valence-electron chi connectivity index (χ4n) is 2.38. The van der Waals surface area contributed by atoms with Crippen LogP contribution < -0.4 is 10.1 Å². The molecule has 0 spiro atoms. The van der Waals surface area contributed by atoms with Crippen molar-refractivity contribution in [3.05, 3.63) is 48.3 Å². The van der Waals surface area contributed by atoms with E-state index in [9.17, 15) is 8.78 Å². The number of hydrogen-bond donors (Lipinski definition) is 1. The lowest BCUT2D eigenvalue weighted by atomic mass is 10.2. The minimum Gasteiger partial charge on any atom is -0.435 e. The quantitative estimate of drug-likeness (QED) is 0.451. The van der Waals surface area contributed by atoms with Gasteiger partial charge in [-0.3, -0.25) is 9.67 Å². The molecule has 6 nitrogen and oxygen atoms in total. The molecule has 0 aliphatic heterocycles. The maximum atomic E-state index is 12.2. The highest BCUT2D eigenvalue weighted by Crippen LogP contribution is 2.15. The summed E-state index contributed by atoms with van der Waals surface area (Å²) >= 11 is 0. The van der Waals surface area contributed by atoms with Crippen LogP contribution in [0.4, 0.5) is 8.78 Å². The van der Waals surface area contributed by atoms with Gasteiger partial charge in [-0.1, -0.05) is 12.1 Å². The van der Waals surface area contributed by atoms with Gasteiger partial charge in [0.15, 0.2) is 5.96 Å². The van der Waals surface area contributed by atoms with Crippen LogP contribution in [-0.4, -0.2) is 47.9 Å². The number of alkyl halides is 2. The minimum absolute atomic E-state index is 0.155. The van der Waals surface area contributed by atoms with Crippen molar-refractivity contribution in [1.29, 1.82) is 0 Å². The summed E-state index contributed by atoms with van der Waals surface area (Å²) in [5.74, 6) is 0.927. The number of hydrogen-bond acceptors (Lipinski definition) is 3. The van der Waals surface area contributed by atoms with Gasteiger partial charge in [-0.25, -0.2) is 0 Å². The molecule has 1 aromatic heterocycles. The molecule has 0 bridgehead atoms. The van der Waals surface area contributed by atoms with E-state index in [0.717, 1.165) is 31.0 Å². The fraction of sp³-hybridized carbons (Fsp3) is 0.412. The Morgan fingerprint density at radius 2 is 2.12 bits per heavy atom. The van der Waals surface area contributed by atoms with Gasteiger partial charge in [-0.15, -0.1) is 0 Å². The lowest BCUT2D eigenvalue weighted by Crippen LogP contribution is -2.39. The topological polar surface area (TPSA) is 54.7 Å². The first-order chi connectivity index (χ1) is 12.1. The zero-order valence-corrected chi connectivity index (χ0v) is 14.4. The van der Waals surface area contributed by atoms with E-state index in [-0.39, 0.29) is 5.75 Å². The van der Waals surface area contributed by atoms with Gasteiger partial charge in [0.2, 0.25) is 0 Å². The molecule has 0 saturated carbocycles. The third-order valence-electron chi connectivity index (χ3n) is 3.55. The van der Waals surface area contributed by atoms with Crippen LogP contribution in [-0.2, 0) is 13.1 Å². The third kappa shape index (κ3) is 6.40. The zero-order valence-electron chi connectivity index (χ0n) is 14.4. The zero-order chi connectivity index (χ0) is 18.1. The maximum Gasteiger partial charge on any atom is 0.387 e. The second-order valence-electron chi connectivity index (χ2n) is 5.48. The molecule has 0 fully saturated rings. The SMILES string of the molecule is CN=C(NCCCn1cccn1)N(C)Cc1ccc(OC(F)F)cc1. The first kappa shape index (κ1) is 18.7. The molecule has 0 unspecified atom stereocenters. The van der Waals surface area contributed by atoms with Gasteiger partial charge in [-0.2, -0.15) is 13.9 Å². The van der Waals surface area contributed by atoms with Crippen molar-refractivity contribution in [1.82, 2.24) is 20.0 Å². The summed E-state index contributed by atoms with van der Waals surface area (Å²) < 4.78 is 30.6. The number of ether oxygens (including phenoxy) is 1. The molecule has 0 amide bonds. The molecule has 0 aliphatic rings. The Balaban J connectivity index is 1.77. The molecule has 2 aromatic rings. The summed E-state index contributed by atoms with van der Waals surface area (Å²) in [6, 6.07) is 8.50. The summed E-state index contributed by atoms with van der Waals surface area (Å²) in [7, 11) is 3.65. The summed E-state index contributed by atoms with van der Waals surface area (Å²) in [4.78, 5) is 6.23. The molecule has 1 aromatic carbocycles. The van der Waals surface area contributed by atoms with Gasteiger partial charge in [0.05, 0.1) is 0 Å². The maximum absolute atomic E-state index is 12.2. The molecule has 8 heteroatoms. The third-order valence-corrected chi connectivity index (χ3v) is 3.55. The molecule has 2 rings (SSSR count). The summed E-state index contributed by atoms with van der Waals surface area (Å²) in [5, 5.41) is 7.46. The second kappa shape index (κ2) is 9.61. The van der Waals surface area contributed by atoms with Crippen molar-refractivity contribution in [2.75, 3.05) is 20.6 Å². The van der Waals surface area contributed by atoms with Crippen LogP contribution in [0, 0.1) is 0 Å². The first-order valence-electron chi connectivity index (χ1n) is 8.01. The summed E-state index contributed by atoms with van der Waals surface area (Å²) in [6.45, 7) is -0.587. The van der Waals surface area contributed by atoms with Crippen LogP contribution in [0.25, 0.3) is 0 Å². The van der Waals surface area contributed by atoms with Crippen molar-refractivity contribution in [3.8, 4) is 5.75 Å². The van der Waals surface area contributed by atoms with Crippen molar-refractivity contribution in [2.24, 2.45) is 4.99 Å². The summed E-state index contributed by atoms with van der Waals surface area (Å²) in [5.41, 5.74) is 0.976. The Labute approximate surface area is 146 Å². The van der Waals surface area contributed by atoms with Crippen LogP contribution in [0.15, 0.2) is 47.7 Å². The van der Waals surface area contributed by atoms with Crippen molar-refractivity contribution in [3.63, 3.8) is 0 Å². The molecule has 25 heavy (non-hydrogen) atoms. The van der Waals surface area contributed by atoms with E-state index < -0.39 is 6.61 Å². The molecular formula is C17H23F2N5O. The van der Waals surface area contributed by atoms with E-state index in [2.05, 4.69) is 20.1 Å². The lowest BCUT2D eigenvalue weighted by molar-refractivity contribution is -0.0498. The Morgan fingerprint density at radius 3 is 2.72 bits per heavy atom. The van der Waals surface area contributed by atoms with Gasteiger partial charge in [-0.05, 0) is 30.2 Å². The molecule has 0 radical (unpaired) electrons. The highest BCUT2D eigenvalue weighted by Gasteiger charge is 2.08. The Kier molecular flexibility index (Phi) is 7.18. The predicted molar refractivity (Wildman–Crippen MR) is 92.7 cm³/mol. The molecule has 0 aliphatic carbocycles. The van der Waals surface area contributed by atoms with Crippen molar-refractivity contribution >= 4 is 5.96 Å². The number of halogens is 2. The molecule has 136 valence electrons. The predicted octanol–water partition coefficient (Wildman–Crippen LogP) is 2.58. The van der Waals surface area contributed by atoms with Crippen LogP contribution in [0.3, 0.4) is 0 Å². The van der Waals surface area contributed by atoms with E-state index in [4.69, 9.17) is 0 Å². The van der Waals surface area contributed by atoms with E-state index in [1.54, 1.807) is 25.4 Å². The van der Waals surface area contributed by atoms with Crippen molar-refractivity contribution in [2.45, 2.75) is 26.1 Å². The Morgan fingerprint density at radius 1 is 1.36 bits per heavy atom. The molecule has 0 atom stereocenters. The normalized spacial score (nSPS) is 11.6. The van der Waals surface area contributed by atoms with Crippen LogP contribution >= 0.6 is 0 Å². The first-order valence-corrected chi connectivity index (χ1v) is 8.01. The van der Waals surface area contributed by atoms with E-state index in [1.807, 2.05) is 28.9 Å². The number of nitrogens with zero attached hydrogens (tertiary/aromatic N) is 4. The number of rotatable bonds is 8. The molecular weight excluding hydrogens is 328 g/mol. The average molecular weight is 351 g/mol. The van der Waals surface area contributed by atoms with Gasteiger partial charge < -0.3 is 15.0 Å². The summed E-state index contributed by atoms with van der Waals surface area (Å²) in [6.07, 6.45) is 4.62. The van der Waals surface area contributed by atoms with E-state index >= 15 is 0 Å². The van der Waals surface area contributed by atoms with Gasteiger partial charge >= 0.3 is 6.61 Å². The van der Waals surface area contributed by atoms with Gasteiger partial charge in [0.25, 0.3) is 0 Å². The highest BCUT2D eigenvalue weighted by molar-refractivity contribution is 5.79. The molecule has 1 heterocycles. The van der Waals surface area contributed by atoms with Gasteiger partial charge in [0.1, 0.15) is 5.75 Å². The number of guanidine groups is 1.